The summed E-state index contributed by atoms with van der Waals surface area (Å²) in [6.45, 7) is 4.07. The van der Waals surface area contributed by atoms with Crippen molar-refractivity contribution in [2.45, 2.75) is 13.8 Å². The van der Waals surface area contributed by atoms with Crippen molar-refractivity contribution in [1.82, 2.24) is 9.97 Å². The van der Waals surface area contributed by atoms with E-state index in [1.165, 1.54) is 16.9 Å². The zero-order valence-electron chi connectivity index (χ0n) is 12.3. The minimum Gasteiger partial charge on any atom is -0.366 e. The van der Waals surface area contributed by atoms with E-state index in [0.717, 1.165) is 16.1 Å². The van der Waals surface area contributed by atoms with Crippen molar-refractivity contribution in [3.8, 4) is 22.0 Å². The summed E-state index contributed by atoms with van der Waals surface area (Å²) in [6, 6.07) is 11.6. The lowest BCUT2D eigenvalue weighted by Crippen LogP contribution is -2.12. The number of carbonyl (C=O) groups excluding carboxylic acids is 1. The molecule has 3 aromatic rings. The number of nitrogens with zero attached hydrogens (tertiary/aromatic N) is 2. The summed E-state index contributed by atoms with van der Waals surface area (Å²) in [4.78, 5) is 21.6. The van der Waals surface area contributed by atoms with Gasteiger partial charge < -0.3 is 5.73 Å². The lowest BCUT2D eigenvalue weighted by Gasteiger charge is -2.01. The first-order valence-corrected chi connectivity index (χ1v) is 7.67. The molecule has 3 rings (SSSR count). The van der Waals surface area contributed by atoms with Crippen molar-refractivity contribution >= 4 is 17.2 Å². The van der Waals surface area contributed by atoms with Crippen LogP contribution in [0, 0.1) is 13.8 Å². The Labute approximate surface area is 132 Å². The highest BCUT2D eigenvalue weighted by atomic mass is 32.1. The minimum absolute atomic E-state index is 0.395. The van der Waals surface area contributed by atoms with Gasteiger partial charge in [0.1, 0.15) is 10.7 Å². The summed E-state index contributed by atoms with van der Waals surface area (Å²) in [5.41, 5.74) is 9.54. The second kappa shape index (κ2) is 5.69. The van der Waals surface area contributed by atoms with Crippen LogP contribution < -0.4 is 5.73 Å². The summed E-state index contributed by atoms with van der Waals surface area (Å²) in [5, 5.41) is 0.711. The molecule has 1 amide bonds. The number of aryl methyl sites for hydroxylation is 2. The molecule has 0 bridgehead atoms. The first-order valence-electron chi connectivity index (χ1n) is 6.86. The molecule has 0 fully saturated rings. The van der Waals surface area contributed by atoms with E-state index in [1.54, 1.807) is 18.3 Å². The first-order chi connectivity index (χ1) is 10.6. The zero-order chi connectivity index (χ0) is 15.7. The van der Waals surface area contributed by atoms with Gasteiger partial charge in [0.2, 0.25) is 0 Å². The molecule has 0 spiro atoms. The Morgan fingerprint density at radius 1 is 1.09 bits per heavy atom. The average Bonchev–Trinajstić information content (AvgIpc) is 2.90. The van der Waals surface area contributed by atoms with E-state index >= 15 is 0 Å². The molecule has 2 aromatic heterocycles. The number of rotatable bonds is 3. The highest BCUT2D eigenvalue weighted by molar-refractivity contribution is 7.15. The predicted octanol–water partition coefficient (Wildman–Crippen LogP) is 3.59. The molecule has 0 aliphatic carbocycles. The van der Waals surface area contributed by atoms with Crippen LogP contribution in [0.2, 0.25) is 0 Å². The van der Waals surface area contributed by atoms with Crippen molar-refractivity contribution in [3.63, 3.8) is 0 Å². The van der Waals surface area contributed by atoms with E-state index in [4.69, 9.17) is 5.73 Å². The van der Waals surface area contributed by atoms with Gasteiger partial charge in [0.15, 0.2) is 0 Å². The Morgan fingerprint density at radius 2 is 1.82 bits per heavy atom. The number of hydrogen-bond donors (Lipinski definition) is 1. The third-order valence-electron chi connectivity index (χ3n) is 3.40. The second-order valence-electron chi connectivity index (χ2n) is 5.05. The summed E-state index contributed by atoms with van der Waals surface area (Å²) >= 11 is 1.52. The van der Waals surface area contributed by atoms with Crippen LogP contribution in [0.3, 0.4) is 0 Å². The van der Waals surface area contributed by atoms with Gasteiger partial charge in [-0.15, -0.1) is 11.3 Å². The van der Waals surface area contributed by atoms with E-state index < -0.39 is 5.91 Å². The predicted molar refractivity (Wildman–Crippen MR) is 88.8 cm³/mol. The molecule has 4 nitrogen and oxygen atoms in total. The number of amides is 1. The van der Waals surface area contributed by atoms with E-state index in [9.17, 15) is 4.79 Å². The Morgan fingerprint density at radius 3 is 2.50 bits per heavy atom. The molecule has 22 heavy (non-hydrogen) atoms. The summed E-state index contributed by atoms with van der Waals surface area (Å²) in [5.74, 6) is -0.493. The molecule has 2 heterocycles. The second-order valence-corrected chi connectivity index (χ2v) is 6.26. The van der Waals surface area contributed by atoms with Crippen LogP contribution in [0.25, 0.3) is 22.0 Å². The summed E-state index contributed by atoms with van der Waals surface area (Å²) < 4.78 is 0. The molecule has 110 valence electrons. The molecular weight excluding hydrogens is 294 g/mol. The SMILES string of the molecule is Cc1ccc(-c2nc(-c3ncccc3C(N)=O)sc2C)cc1. The molecule has 0 aliphatic rings. The summed E-state index contributed by atoms with van der Waals surface area (Å²) in [6.07, 6.45) is 1.64. The van der Waals surface area contributed by atoms with Crippen LogP contribution >= 0.6 is 11.3 Å². The van der Waals surface area contributed by atoms with Crippen LogP contribution in [0.5, 0.6) is 0 Å². The molecular formula is C17H15N3OS. The molecule has 0 unspecified atom stereocenters. The monoisotopic (exact) mass is 309 g/mol. The maximum Gasteiger partial charge on any atom is 0.251 e. The van der Waals surface area contributed by atoms with Gasteiger partial charge in [-0.25, -0.2) is 4.98 Å². The van der Waals surface area contributed by atoms with Crippen molar-refractivity contribution in [1.29, 1.82) is 0 Å². The molecule has 1 aromatic carbocycles. The molecule has 5 heteroatoms. The van der Waals surface area contributed by atoms with Gasteiger partial charge in [0, 0.05) is 16.6 Å². The quantitative estimate of drug-likeness (QED) is 0.804. The van der Waals surface area contributed by atoms with Crippen LogP contribution in [-0.4, -0.2) is 15.9 Å². The van der Waals surface area contributed by atoms with Crippen LogP contribution in [0.1, 0.15) is 20.8 Å². The van der Waals surface area contributed by atoms with Crippen LogP contribution in [0.4, 0.5) is 0 Å². The normalized spacial score (nSPS) is 10.6. The number of carbonyl (C=O) groups is 1. The molecule has 0 atom stereocenters. The van der Waals surface area contributed by atoms with E-state index in [-0.39, 0.29) is 0 Å². The topological polar surface area (TPSA) is 68.9 Å². The third-order valence-corrected chi connectivity index (χ3v) is 4.37. The van der Waals surface area contributed by atoms with Crippen LogP contribution in [-0.2, 0) is 0 Å². The van der Waals surface area contributed by atoms with Gasteiger partial charge in [-0.05, 0) is 26.0 Å². The molecule has 0 saturated heterocycles. The van der Waals surface area contributed by atoms with Crippen molar-refractivity contribution in [3.05, 3.63) is 58.6 Å². The molecule has 0 aliphatic heterocycles. The van der Waals surface area contributed by atoms with Crippen molar-refractivity contribution in [2.75, 3.05) is 0 Å². The van der Waals surface area contributed by atoms with Crippen LogP contribution in [0.15, 0.2) is 42.6 Å². The fourth-order valence-corrected chi connectivity index (χ4v) is 3.20. The lowest BCUT2D eigenvalue weighted by molar-refractivity contribution is 0.100. The largest absolute Gasteiger partial charge is 0.366 e. The number of hydrogen-bond acceptors (Lipinski definition) is 4. The highest BCUT2D eigenvalue weighted by Gasteiger charge is 2.17. The fourth-order valence-electron chi connectivity index (χ4n) is 2.25. The van der Waals surface area contributed by atoms with E-state index in [2.05, 4.69) is 41.2 Å². The third kappa shape index (κ3) is 2.63. The fraction of sp³-hybridized carbons (Fsp3) is 0.118. The number of thiazole rings is 1. The average molecular weight is 309 g/mol. The van der Waals surface area contributed by atoms with Gasteiger partial charge in [-0.2, -0.15) is 0 Å². The van der Waals surface area contributed by atoms with Crippen molar-refractivity contribution < 1.29 is 4.79 Å². The van der Waals surface area contributed by atoms with Gasteiger partial charge in [-0.1, -0.05) is 29.8 Å². The van der Waals surface area contributed by atoms with Gasteiger partial charge in [-0.3, -0.25) is 9.78 Å². The Balaban J connectivity index is 2.10. The molecule has 2 N–H and O–H groups in total. The van der Waals surface area contributed by atoms with E-state index in [1.807, 2.05) is 6.92 Å². The number of nitrogens with two attached hydrogens (primary N) is 1. The number of pyridine rings is 1. The van der Waals surface area contributed by atoms with E-state index in [0.29, 0.717) is 16.3 Å². The maximum absolute atomic E-state index is 11.6. The van der Waals surface area contributed by atoms with Gasteiger partial charge >= 0.3 is 0 Å². The molecule has 0 saturated carbocycles. The zero-order valence-corrected chi connectivity index (χ0v) is 13.1. The standard InChI is InChI=1S/C17H15N3OS/c1-10-5-7-12(8-6-10)14-11(2)22-17(20-14)15-13(16(18)21)4-3-9-19-15/h3-9H,1-2H3,(H2,18,21). The minimum atomic E-state index is -0.493. The Hall–Kier alpha value is -2.53. The number of aromatic nitrogens is 2. The number of primary amides is 1. The highest BCUT2D eigenvalue weighted by Crippen LogP contribution is 2.33. The summed E-state index contributed by atoms with van der Waals surface area (Å²) in [7, 11) is 0. The maximum atomic E-state index is 11.6. The lowest BCUT2D eigenvalue weighted by atomic mass is 10.1. The first kappa shape index (κ1) is 14.4. The molecule has 0 radical (unpaired) electrons. The Bertz CT molecular complexity index is 837. The smallest absolute Gasteiger partial charge is 0.251 e. The van der Waals surface area contributed by atoms with Crippen molar-refractivity contribution in [2.24, 2.45) is 5.73 Å². The van der Waals surface area contributed by atoms with Gasteiger partial charge in [0.25, 0.3) is 5.91 Å². The Kier molecular flexibility index (Phi) is 3.73. The van der Waals surface area contributed by atoms with Gasteiger partial charge in [0.05, 0.1) is 11.3 Å². The number of benzene rings is 1.